The molecule has 0 bridgehead atoms. The predicted octanol–water partition coefficient (Wildman–Crippen LogP) is 0.394. The monoisotopic (exact) mass is 255 g/mol. The molecule has 1 atom stereocenters. The summed E-state index contributed by atoms with van der Waals surface area (Å²) in [5.41, 5.74) is 2.98. The van der Waals surface area contributed by atoms with Gasteiger partial charge in [-0.2, -0.15) is 0 Å². The minimum atomic E-state index is -0.434. The maximum atomic E-state index is 11.3. The Morgan fingerprint density at radius 2 is 2.33 bits per heavy atom. The first kappa shape index (κ1) is 14.7. The summed E-state index contributed by atoms with van der Waals surface area (Å²) in [6, 6.07) is 1.69. The standard InChI is InChI=1S/C12H21N3O3/c1-8(16)4-5-15(3)7-10-6-11(12(17)14-13)18-9(10)2/h6,8,16H,4-5,7,13H2,1-3H3,(H,14,17). The van der Waals surface area contributed by atoms with E-state index in [0.29, 0.717) is 18.7 Å². The lowest BCUT2D eigenvalue weighted by Gasteiger charge is -2.16. The van der Waals surface area contributed by atoms with Crippen LogP contribution in [0.5, 0.6) is 0 Å². The number of hydrogen-bond donors (Lipinski definition) is 3. The number of aliphatic hydroxyl groups excluding tert-OH is 1. The van der Waals surface area contributed by atoms with Crippen LogP contribution in [0.25, 0.3) is 0 Å². The highest BCUT2D eigenvalue weighted by molar-refractivity contribution is 5.91. The van der Waals surface area contributed by atoms with Crippen LogP contribution in [0.15, 0.2) is 10.5 Å². The molecule has 0 spiro atoms. The van der Waals surface area contributed by atoms with Gasteiger partial charge in [-0.05, 0) is 33.4 Å². The van der Waals surface area contributed by atoms with Crippen LogP contribution in [0.3, 0.4) is 0 Å². The van der Waals surface area contributed by atoms with Gasteiger partial charge in [-0.1, -0.05) is 0 Å². The topological polar surface area (TPSA) is 91.7 Å². The maximum absolute atomic E-state index is 11.3. The SMILES string of the molecule is Cc1oc(C(=O)NN)cc1CN(C)CCC(C)O. The molecule has 6 heteroatoms. The highest BCUT2D eigenvalue weighted by Gasteiger charge is 2.14. The number of hydrazine groups is 1. The Morgan fingerprint density at radius 3 is 2.89 bits per heavy atom. The first-order valence-electron chi connectivity index (χ1n) is 5.91. The molecule has 1 aromatic rings. The van der Waals surface area contributed by atoms with Crippen molar-refractivity contribution in [1.29, 1.82) is 0 Å². The van der Waals surface area contributed by atoms with Gasteiger partial charge in [-0.3, -0.25) is 10.2 Å². The molecule has 0 aliphatic rings. The van der Waals surface area contributed by atoms with E-state index in [1.807, 2.05) is 19.4 Å². The van der Waals surface area contributed by atoms with E-state index >= 15 is 0 Å². The second kappa shape index (κ2) is 6.53. The van der Waals surface area contributed by atoms with E-state index in [2.05, 4.69) is 4.90 Å². The average molecular weight is 255 g/mol. The van der Waals surface area contributed by atoms with Gasteiger partial charge in [0.15, 0.2) is 5.76 Å². The third-order valence-electron chi connectivity index (χ3n) is 2.74. The largest absolute Gasteiger partial charge is 0.456 e. The van der Waals surface area contributed by atoms with E-state index < -0.39 is 5.91 Å². The molecule has 1 amide bonds. The zero-order chi connectivity index (χ0) is 13.7. The Bertz CT molecular complexity index is 401. The summed E-state index contributed by atoms with van der Waals surface area (Å²) >= 11 is 0. The van der Waals surface area contributed by atoms with Gasteiger partial charge in [0.05, 0.1) is 6.10 Å². The number of nitrogens with two attached hydrogens (primary N) is 1. The van der Waals surface area contributed by atoms with Crippen molar-refractivity contribution < 1.29 is 14.3 Å². The smallest absolute Gasteiger partial charge is 0.300 e. The molecule has 0 radical (unpaired) electrons. The average Bonchev–Trinajstić information content (AvgIpc) is 2.67. The van der Waals surface area contributed by atoms with Gasteiger partial charge in [-0.15, -0.1) is 0 Å². The van der Waals surface area contributed by atoms with Gasteiger partial charge in [0.25, 0.3) is 0 Å². The summed E-state index contributed by atoms with van der Waals surface area (Å²) < 4.78 is 5.33. The van der Waals surface area contributed by atoms with Gasteiger partial charge in [-0.25, -0.2) is 5.84 Å². The van der Waals surface area contributed by atoms with Crippen molar-refractivity contribution >= 4 is 5.91 Å². The summed E-state index contributed by atoms with van der Waals surface area (Å²) in [6.07, 6.45) is 0.403. The number of nitrogens with zero attached hydrogens (tertiary/aromatic N) is 1. The first-order valence-corrected chi connectivity index (χ1v) is 5.91. The van der Waals surface area contributed by atoms with Gasteiger partial charge in [0, 0.05) is 18.7 Å². The summed E-state index contributed by atoms with van der Waals surface area (Å²) in [6.45, 7) is 5.02. The number of aliphatic hydroxyl groups is 1. The van der Waals surface area contributed by atoms with Gasteiger partial charge in [0.1, 0.15) is 5.76 Å². The third-order valence-corrected chi connectivity index (χ3v) is 2.74. The van der Waals surface area contributed by atoms with Crippen LogP contribution < -0.4 is 11.3 Å². The quantitative estimate of drug-likeness (QED) is 0.388. The van der Waals surface area contributed by atoms with E-state index in [9.17, 15) is 9.90 Å². The Hall–Kier alpha value is -1.37. The lowest BCUT2D eigenvalue weighted by atomic mass is 10.2. The molecule has 0 saturated heterocycles. The van der Waals surface area contributed by atoms with E-state index in [-0.39, 0.29) is 11.9 Å². The molecule has 0 aliphatic heterocycles. The van der Waals surface area contributed by atoms with E-state index in [0.717, 1.165) is 12.1 Å². The van der Waals surface area contributed by atoms with E-state index in [1.165, 1.54) is 0 Å². The Labute approximate surface area is 107 Å². The number of nitrogen functional groups attached to an aromatic ring is 1. The number of furan rings is 1. The molecule has 1 aromatic heterocycles. The molecule has 0 aliphatic carbocycles. The fraction of sp³-hybridized carbons (Fsp3) is 0.583. The number of aryl methyl sites for hydroxylation is 1. The molecule has 18 heavy (non-hydrogen) atoms. The van der Waals surface area contributed by atoms with Crippen LogP contribution in [-0.4, -0.2) is 35.6 Å². The first-order chi connectivity index (χ1) is 8.43. The fourth-order valence-corrected chi connectivity index (χ4v) is 1.64. The van der Waals surface area contributed by atoms with Crippen LogP contribution in [0.1, 0.15) is 35.2 Å². The summed E-state index contributed by atoms with van der Waals surface area (Å²) in [5.74, 6) is 5.54. The highest BCUT2D eigenvalue weighted by Crippen LogP contribution is 2.16. The molecule has 4 N–H and O–H groups in total. The fourth-order valence-electron chi connectivity index (χ4n) is 1.64. The Balaban J connectivity index is 2.61. The second-order valence-corrected chi connectivity index (χ2v) is 4.54. The van der Waals surface area contributed by atoms with Gasteiger partial charge >= 0.3 is 5.91 Å². The van der Waals surface area contributed by atoms with Crippen LogP contribution in [0, 0.1) is 6.92 Å². The Kier molecular flexibility index (Phi) is 5.33. The molecular weight excluding hydrogens is 234 g/mol. The van der Waals surface area contributed by atoms with Crippen molar-refractivity contribution in [2.45, 2.75) is 32.9 Å². The highest BCUT2D eigenvalue weighted by atomic mass is 16.4. The normalized spacial score (nSPS) is 12.8. The van der Waals surface area contributed by atoms with Crippen molar-refractivity contribution in [1.82, 2.24) is 10.3 Å². The lowest BCUT2D eigenvalue weighted by molar-refractivity contribution is 0.0924. The van der Waals surface area contributed by atoms with E-state index in [4.69, 9.17) is 10.3 Å². The van der Waals surface area contributed by atoms with Crippen LogP contribution in [0.4, 0.5) is 0 Å². The summed E-state index contributed by atoms with van der Waals surface area (Å²) in [7, 11) is 1.96. The maximum Gasteiger partial charge on any atom is 0.300 e. The number of hydrogen-bond acceptors (Lipinski definition) is 5. The van der Waals surface area contributed by atoms with Crippen molar-refractivity contribution in [3.63, 3.8) is 0 Å². The van der Waals surface area contributed by atoms with Crippen molar-refractivity contribution in [3.8, 4) is 0 Å². The number of nitrogens with one attached hydrogen (secondary N) is 1. The lowest BCUT2D eigenvalue weighted by Crippen LogP contribution is -2.29. The Morgan fingerprint density at radius 1 is 1.67 bits per heavy atom. The number of carbonyl (C=O) groups excluding carboxylic acids is 1. The zero-order valence-corrected chi connectivity index (χ0v) is 11.1. The van der Waals surface area contributed by atoms with E-state index in [1.54, 1.807) is 13.0 Å². The molecular formula is C12H21N3O3. The summed E-state index contributed by atoms with van der Waals surface area (Å²) in [4.78, 5) is 13.4. The number of carbonyl (C=O) groups is 1. The van der Waals surface area contributed by atoms with Crippen molar-refractivity contribution in [2.24, 2.45) is 5.84 Å². The molecule has 1 unspecified atom stereocenters. The second-order valence-electron chi connectivity index (χ2n) is 4.54. The molecule has 1 rings (SSSR count). The molecule has 0 fully saturated rings. The molecule has 0 aromatic carbocycles. The summed E-state index contributed by atoms with van der Waals surface area (Å²) in [5, 5.41) is 9.22. The van der Waals surface area contributed by atoms with Crippen molar-refractivity contribution in [2.75, 3.05) is 13.6 Å². The van der Waals surface area contributed by atoms with Crippen LogP contribution >= 0.6 is 0 Å². The van der Waals surface area contributed by atoms with Crippen LogP contribution in [-0.2, 0) is 6.54 Å². The number of amides is 1. The molecule has 0 saturated carbocycles. The molecule has 6 nitrogen and oxygen atoms in total. The van der Waals surface area contributed by atoms with Gasteiger partial charge in [0.2, 0.25) is 0 Å². The number of rotatable bonds is 6. The molecule has 1 heterocycles. The molecule has 102 valence electrons. The zero-order valence-electron chi connectivity index (χ0n) is 11.1. The van der Waals surface area contributed by atoms with Crippen LogP contribution in [0.2, 0.25) is 0 Å². The minimum Gasteiger partial charge on any atom is -0.456 e. The van der Waals surface area contributed by atoms with Crippen molar-refractivity contribution in [3.05, 3.63) is 23.2 Å². The predicted molar refractivity (Wildman–Crippen MR) is 67.7 cm³/mol. The third kappa shape index (κ3) is 4.14. The van der Waals surface area contributed by atoms with Gasteiger partial charge < -0.3 is 14.4 Å². The minimum absolute atomic E-state index is 0.217.